The summed E-state index contributed by atoms with van der Waals surface area (Å²) in [5.41, 5.74) is -0.344. The number of hydrogen-bond acceptors (Lipinski definition) is 4. The van der Waals surface area contributed by atoms with Gasteiger partial charge in [0.1, 0.15) is 0 Å². The Labute approximate surface area is 114 Å². The highest BCUT2D eigenvalue weighted by molar-refractivity contribution is 5.91. The fraction of sp³-hybridized carbons (Fsp3) is 0.143. The van der Waals surface area contributed by atoms with Gasteiger partial charge >= 0.3 is 5.69 Å². The Morgan fingerprint density at radius 3 is 2.35 bits per heavy atom. The molecule has 0 spiro atoms. The summed E-state index contributed by atoms with van der Waals surface area (Å²) in [6, 6.07) is 6.68. The van der Waals surface area contributed by atoms with E-state index in [4.69, 9.17) is 0 Å². The number of ketones is 1. The molecule has 0 saturated carbocycles. The van der Waals surface area contributed by atoms with Crippen LogP contribution in [0.5, 0.6) is 0 Å². The van der Waals surface area contributed by atoms with E-state index >= 15 is 0 Å². The highest BCUT2D eigenvalue weighted by atomic mass is 16.2. The molecule has 0 radical (unpaired) electrons. The van der Waals surface area contributed by atoms with E-state index in [1.807, 2.05) is 0 Å². The number of benzene rings is 1. The third-order valence-corrected chi connectivity index (χ3v) is 2.84. The van der Waals surface area contributed by atoms with Crippen LogP contribution < -0.4 is 11.2 Å². The van der Waals surface area contributed by atoms with Gasteiger partial charge in [0.2, 0.25) is 0 Å². The summed E-state index contributed by atoms with van der Waals surface area (Å²) in [7, 11) is 1.39. The molecule has 0 saturated heterocycles. The van der Waals surface area contributed by atoms with Crippen molar-refractivity contribution in [3.8, 4) is 5.69 Å². The van der Waals surface area contributed by atoms with E-state index in [-0.39, 0.29) is 5.69 Å². The maximum Gasteiger partial charge on any atom is 0.351 e. The monoisotopic (exact) mass is 271 g/mol. The van der Waals surface area contributed by atoms with Gasteiger partial charge in [-0.25, -0.2) is 14.0 Å². The quantitative estimate of drug-likeness (QED) is 0.773. The minimum absolute atomic E-state index is 0.264. The number of rotatable bonds is 3. The van der Waals surface area contributed by atoms with Gasteiger partial charge in [0.25, 0.3) is 5.56 Å². The predicted octanol–water partition coefficient (Wildman–Crippen LogP) is 0.777. The van der Waals surface area contributed by atoms with Crippen molar-refractivity contribution in [2.75, 3.05) is 0 Å². The molecule has 0 N–H and O–H groups in total. The number of carbonyl (C=O) groups is 1. The van der Waals surface area contributed by atoms with Crippen LogP contribution in [-0.4, -0.2) is 20.1 Å². The molecule has 1 aromatic heterocycles. The zero-order chi connectivity index (χ0) is 14.9. The Kier molecular flexibility index (Phi) is 3.47. The molecular formula is C14H13N3O3. The summed E-state index contributed by atoms with van der Waals surface area (Å²) >= 11 is 0. The molecule has 6 nitrogen and oxygen atoms in total. The Balaban J connectivity index is 2.78. The van der Waals surface area contributed by atoms with Crippen LogP contribution in [-0.2, 0) is 7.05 Å². The van der Waals surface area contributed by atoms with Crippen molar-refractivity contribution >= 4 is 11.9 Å². The molecule has 0 unspecified atom stereocenters. The van der Waals surface area contributed by atoms with E-state index in [0.29, 0.717) is 5.69 Å². The van der Waals surface area contributed by atoms with Crippen LogP contribution in [0.25, 0.3) is 11.8 Å². The molecule has 20 heavy (non-hydrogen) atoms. The number of hydrogen-bond donors (Lipinski definition) is 0. The van der Waals surface area contributed by atoms with Crippen molar-refractivity contribution in [2.45, 2.75) is 6.92 Å². The fourth-order valence-electron chi connectivity index (χ4n) is 1.78. The number of aryl methyl sites for hydroxylation is 1. The van der Waals surface area contributed by atoms with E-state index in [9.17, 15) is 14.4 Å². The molecule has 102 valence electrons. The van der Waals surface area contributed by atoms with Crippen LogP contribution in [0.1, 0.15) is 23.0 Å². The molecule has 1 aromatic carbocycles. The van der Waals surface area contributed by atoms with Gasteiger partial charge < -0.3 is 0 Å². The molecular weight excluding hydrogens is 258 g/mol. The van der Waals surface area contributed by atoms with Crippen LogP contribution in [0.4, 0.5) is 0 Å². The van der Waals surface area contributed by atoms with Crippen LogP contribution in [0.15, 0.2) is 40.4 Å². The standard InChI is InChI=1S/C14H13N3O3/c1-4-10-5-7-11(8-6-10)17-13(19)12(9(2)18)15-16(3)14(17)20/h4-8H,1H2,2-3H3. The third-order valence-electron chi connectivity index (χ3n) is 2.84. The summed E-state index contributed by atoms with van der Waals surface area (Å²) in [5.74, 6) is -0.484. The Hall–Kier alpha value is -2.76. The predicted molar refractivity (Wildman–Crippen MR) is 75.2 cm³/mol. The second-order valence-electron chi connectivity index (χ2n) is 4.25. The molecule has 0 atom stereocenters. The van der Waals surface area contributed by atoms with Crippen molar-refractivity contribution < 1.29 is 4.79 Å². The lowest BCUT2D eigenvalue weighted by atomic mass is 10.2. The second-order valence-corrected chi connectivity index (χ2v) is 4.25. The van der Waals surface area contributed by atoms with E-state index in [1.54, 1.807) is 30.3 Å². The lowest BCUT2D eigenvalue weighted by Crippen LogP contribution is -2.42. The van der Waals surface area contributed by atoms with Gasteiger partial charge in [-0.1, -0.05) is 24.8 Å². The molecule has 0 fully saturated rings. The topological polar surface area (TPSA) is 74.0 Å². The highest BCUT2D eigenvalue weighted by Crippen LogP contribution is 2.07. The molecule has 0 aliphatic rings. The van der Waals surface area contributed by atoms with Crippen LogP contribution in [0, 0.1) is 0 Å². The summed E-state index contributed by atoms with van der Waals surface area (Å²) in [6.07, 6.45) is 1.65. The average molecular weight is 271 g/mol. The van der Waals surface area contributed by atoms with Crippen molar-refractivity contribution in [2.24, 2.45) is 7.05 Å². The lowest BCUT2D eigenvalue weighted by molar-refractivity contribution is 0.100. The maximum atomic E-state index is 12.2. The van der Waals surface area contributed by atoms with Gasteiger partial charge in [-0.2, -0.15) is 5.10 Å². The molecule has 0 aliphatic heterocycles. The first-order valence-electron chi connectivity index (χ1n) is 5.90. The second kappa shape index (κ2) is 5.08. The zero-order valence-corrected chi connectivity index (χ0v) is 11.2. The highest BCUT2D eigenvalue weighted by Gasteiger charge is 2.15. The summed E-state index contributed by atoms with van der Waals surface area (Å²) in [5, 5.41) is 3.70. The number of Topliss-reactive ketones (excluding diaryl/α,β-unsaturated/α-hetero) is 1. The van der Waals surface area contributed by atoms with Crippen LogP contribution >= 0.6 is 0 Å². The fourth-order valence-corrected chi connectivity index (χ4v) is 1.78. The van der Waals surface area contributed by atoms with E-state index < -0.39 is 17.0 Å². The Bertz CT molecular complexity index is 798. The van der Waals surface area contributed by atoms with Crippen molar-refractivity contribution in [1.82, 2.24) is 14.3 Å². The molecule has 0 bridgehead atoms. The molecule has 6 heteroatoms. The van der Waals surface area contributed by atoms with E-state index in [1.165, 1.54) is 14.0 Å². The van der Waals surface area contributed by atoms with Gasteiger partial charge in [0.15, 0.2) is 11.5 Å². The van der Waals surface area contributed by atoms with Gasteiger partial charge in [0, 0.05) is 14.0 Å². The normalized spacial score (nSPS) is 10.3. The smallest absolute Gasteiger partial charge is 0.292 e. The molecule has 0 amide bonds. The molecule has 2 aromatic rings. The minimum atomic E-state index is -0.716. The van der Waals surface area contributed by atoms with Gasteiger partial charge in [-0.3, -0.25) is 9.59 Å². The number of carbonyl (C=O) groups excluding carboxylic acids is 1. The van der Waals surface area contributed by atoms with Gasteiger partial charge in [0.05, 0.1) is 5.69 Å². The summed E-state index contributed by atoms with van der Waals surface area (Å²) in [4.78, 5) is 35.6. The molecule has 1 heterocycles. The lowest BCUT2D eigenvalue weighted by Gasteiger charge is -2.08. The maximum absolute atomic E-state index is 12.2. The van der Waals surface area contributed by atoms with Crippen LogP contribution in [0.2, 0.25) is 0 Å². The van der Waals surface area contributed by atoms with Gasteiger partial charge in [-0.05, 0) is 17.7 Å². The summed E-state index contributed by atoms with van der Waals surface area (Å²) in [6.45, 7) is 4.87. The first-order valence-corrected chi connectivity index (χ1v) is 5.90. The Morgan fingerprint density at radius 1 is 1.25 bits per heavy atom. The first kappa shape index (κ1) is 13.7. The summed E-state index contributed by atoms with van der Waals surface area (Å²) < 4.78 is 1.90. The largest absolute Gasteiger partial charge is 0.351 e. The first-order chi connectivity index (χ1) is 9.45. The van der Waals surface area contributed by atoms with Gasteiger partial charge in [-0.15, -0.1) is 0 Å². The van der Waals surface area contributed by atoms with E-state index in [2.05, 4.69) is 11.7 Å². The minimum Gasteiger partial charge on any atom is -0.292 e. The van der Waals surface area contributed by atoms with Crippen molar-refractivity contribution in [1.29, 1.82) is 0 Å². The number of nitrogens with zero attached hydrogens (tertiary/aromatic N) is 3. The van der Waals surface area contributed by atoms with Crippen LogP contribution in [0.3, 0.4) is 0 Å². The Morgan fingerprint density at radius 2 is 1.85 bits per heavy atom. The average Bonchev–Trinajstić information content (AvgIpc) is 2.43. The van der Waals surface area contributed by atoms with E-state index in [0.717, 1.165) is 14.8 Å². The van der Waals surface area contributed by atoms with Crippen molar-refractivity contribution in [3.05, 3.63) is 62.9 Å². The zero-order valence-electron chi connectivity index (χ0n) is 11.2. The SMILES string of the molecule is C=Cc1ccc(-n2c(=O)c(C(C)=O)nn(C)c2=O)cc1. The number of aromatic nitrogens is 3. The van der Waals surface area contributed by atoms with Crippen molar-refractivity contribution in [3.63, 3.8) is 0 Å². The molecule has 0 aliphatic carbocycles. The third kappa shape index (κ3) is 2.23. The molecule has 2 rings (SSSR count).